The van der Waals surface area contributed by atoms with Crippen molar-refractivity contribution in [3.8, 4) is 0 Å². The number of aryl methyl sites for hydroxylation is 1. The van der Waals surface area contributed by atoms with Gasteiger partial charge in [0.1, 0.15) is 5.76 Å². The first kappa shape index (κ1) is 30.3. The van der Waals surface area contributed by atoms with Crippen LogP contribution in [0, 0.1) is 6.92 Å². The lowest BCUT2D eigenvalue weighted by atomic mass is 9.35. The first-order valence-corrected chi connectivity index (χ1v) is 25.3. The van der Waals surface area contributed by atoms with Crippen LogP contribution in [0.25, 0.3) is 0 Å². The summed E-state index contributed by atoms with van der Waals surface area (Å²) in [5, 5.41) is 1.27. The monoisotopic (exact) mass is 840 g/mol. The Balaban J connectivity index is 1.34. The van der Waals surface area contributed by atoms with Crippen LogP contribution in [0.1, 0.15) is 97.5 Å². The second-order valence-electron chi connectivity index (χ2n) is 20.7. The zero-order chi connectivity index (χ0) is 52.2. The maximum atomic E-state index is 9.25. The SMILES string of the molecule is [2H]c1c([2H])c([2H])c(N(c2ccc3c(c2)N(c2ccc([Si](C)(C)C)cc2)c2cc(C)cc4c2B3c2oc3c(c2N4c2ccc(C(C)(C)C)cc2)C(C)(C)CCC3(C)C)c2c([2H])c([2H])c([2H])c([2H])c2[2H])c([2H])c1[2H]. The smallest absolute Gasteiger partial charge is 0.297 e. The normalized spacial score (nSPS) is 18.3. The Kier molecular flexibility index (Phi) is 6.93. The Morgan fingerprint density at radius 2 is 1.21 bits per heavy atom. The van der Waals surface area contributed by atoms with Gasteiger partial charge in [-0.2, -0.15) is 0 Å². The van der Waals surface area contributed by atoms with Gasteiger partial charge >= 0.3 is 0 Å². The highest BCUT2D eigenvalue weighted by Gasteiger charge is 2.52. The van der Waals surface area contributed by atoms with Gasteiger partial charge in [-0.05, 0) is 125 Å². The Morgan fingerprint density at radius 3 is 1.79 bits per heavy atom. The summed E-state index contributed by atoms with van der Waals surface area (Å²) in [6, 6.07) is 21.5. The summed E-state index contributed by atoms with van der Waals surface area (Å²) in [6.07, 6.45) is 1.89. The van der Waals surface area contributed by atoms with Crippen LogP contribution < -0.4 is 36.5 Å². The number of furan rings is 1. The van der Waals surface area contributed by atoms with Gasteiger partial charge in [0.05, 0.1) is 33.1 Å². The second kappa shape index (κ2) is 14.2. The summed E-state index contributed by atoms with van der Waals surface area (Å²) in [5.41, 5.74) is 10.5. The molecule has 7 aromatic rings. The first-order valence-electron chi connectivity index (χ1n) is 26.8. The van der Waals surface area contributed by atoms with Crippen molar-refractivity contribution in [3.05, 3.63) is 162 Å². The fourth-order valence-electron chi connectivity index (χ4n) is 9.89. The van der Waals surface area contributed by atoms with Crippen molar-refractivity contribution in [2.24, 2.45) is 0 Å². The summed E-state index contributed by atoms with van der Waals surface area (Å²) in [6.45, 7) is 24.4. The molecule has 1 aromatic heterocycles. The fraction of sp³-hybridized carbons (Fsp3) is 0.286. The molecule has 1 aliphatic carbocycles. The van der Waals surface area contributed by atoms with E-state index in [9.17, 15) is 5.48 Å². The molecule has 0 fully saturated rings. The van der Waals surface area contributed by atoms with Crippen LogP contribution in [0.3, 0.4) is 0 Å². The molecule has 62 heavy (non-hydrogen) atoms. The van der Waals surface area contributed by atoms with Gasteiger partial charge in [-0.3, -0.25) is 0 Å². The molecule has 3 aliphatic rings. The van der Waals surface area contributed by atoms with E-state index in [1.54, 1.807) is 6.07 Å². The third-order valence-corrected chi connectivity index (χ3v) is 15.4. The van der Waals surface area contributed by atoms with E-state index in [1.165, 1.54) is 21.2 Å². The van der Waals surface area contributed by atoms with Crippen molar-refractivity contribution in [2.45, 2.75) is 104 Å². The van der Waals surface area contributed by atoms with Gasteiger partial charge in [0.25, 0.3) is 6.71 Å². The minimum Gasteiger partial charge on any atom is -0.472 e. The maximum absolute atomic E-state index is 9.25. The second-order valence-corrected chi connectivity index (χ2v) is 25.8. The van der Waals surface area contributed by atoms with E-state index >= 15 is 0 Å². The van der Waals surface area contributed by atoms with E-state index in [-0.39, 0.29) is 33.3 Å². The Morgan fingerprint density at radius 1 is 0.661 bits per heavy atom. The van der Waals surface area contributed by atoms with Crippen molar-refractivity contribution < 1.29 is 18.1 Å². The minimum atomic E-state index is -1.76. The molecule has 312 valence electrons. The van der Waals surface area contributed by atoms with Crippen LogP contribution in [-0.2, 0) is 16.2 Å². The number of fused-ring (bicyclic) bond motifs is 6. The number of para-hydroxylation sites is 2. The summed E-state index contributed by atoms with van der Waals surface area (Å²) < 4.78 is 96.5. The molecule has 3 heterocycles. The predicted molar refractivity (Wildman–Crippen MR) is 269 cm³/mol. The molecule has 0 N–H and O–H groups in total. The molecule has 0 radical (unpaired) electrons. The average molecular weight is 840 g/mol. The van der Waals surface area contributed by atoms with Crippen LogP contribution in [-0.4, -0.2) is 14.8 Å². The molecule has 0 spiro atoms. The molecule has 10 rings (SSSR count). The number of hydrogen-bond donors (Lipinski definition) is 0. The molecular weight excluding hydrogens is 770 g/mol. The summed E-state index contributed by atoms with van der Waals surface area (Å²) in [7, 11) is -1.76. The van der Waals surface area contributed by atoms with Crippen LogP contribution in [0.2, 0.25) is 19.6 Å². The third-order valence-electron chi connectivity index (χ3n) is 13.3. The van der Waals surface area contributed by atoms with E-state index in [2.05, 4.69) is 145 Å². The third kappa shape index (κ3) is 6.47. The molecule has 6 aromatic carbocycles. The number of rotatable bonds is 6. The molecule has 0 bridgehead atoms. The van der Waals surface area contributed by atoms with E-state index in [4.69, 9.17) is 12.6 Å². The molecule has 0 amide bonds. The number of hydrogen-bond acceptors (Lipinski definition) is 4. The molecule has 2 aliphatic heterocycles. The quantitative estimate of drug-likeness (QED) is 0.156. The summed E-state index contributed by atoms with van der Waals surface area (Å²) >= 11 is 0. The molecule has 6 heteroatoms. The highest BCUT2D eigenvalue weighted by atomic mass is 28.3. The lowest BCUT2D eigenvalue weighted by Crippen LogP contribution is -2.61. The van der Waals surface area contributed by atoms with Crippen molar-refractivity contribution in [1.29, 1.82) is 0 Å². The molecule has 4 nitrogen and oxygen atoms in total. The molecule has 0 unspecified atom stereocenters. The summed E-state index contributed by atoms with van der Waals surface area (Å²) in [4.78, 5) is 5.87. The topological polar surface area (TPSA) is 22.9 Å². The number of anilines is 9. The molecule has 0 saturated heterocycles. The van der Waals surface area contributed by atoms with Gasteiger partial charge in [-0.25, -0.2) is 0 Å². The van der Waals surface area contributed by atoms with Crippen molar-refractivity contribution >= 4 is 87.7 Å². The van der Waals surface area contributed by atoms with Crippen molar-refractivity contribution in [3.63, 3.8) is 0 Å². The van der Waals surface area contributed by atoms with E-state index in [0.29, 0.717) is 5.69 Å². The van der Waals surface area contributed by atoms with Gasteiger partial charge in [0.15, 0.2) is 0 Å². The number of nitrogens with zero attached hydrogens (tertiary/aromatic N) is 3. The zero-order valence-corrected chi connectivity index (χ0v) is 38.7. The van der Waals surface area contributed by atoms with Crippen molar-refractivity contribution in [2.75, 3.05) is 14.7 Å². The van der Waals surface area contributed by atoms with E-state index in [0.717, 1.165) is 69.2 Å². The predicted octanol–water partition coefficient (Wildman–Crippen LogP) is 13.3. The highest BCUT2D eigenvalue weighted by molar-refractivity contribution is 6.99. The van der Waals surface area contributed by atoms with Gasteiger partial charge in [0.2, 0.25) is 0 Å². The van der Waals surface area contributed by atoms with Crippen LogP contribution in [0.5, 0.6) is 0 Å². The van der Waals surface area contributed by atoms with Gasteiger partial charge < -0.3 is 19.1 Å². The molecule has 0 atom stereocenters. The average Bonchev–Trinajstić information content (AvgIpc) is 3.75. The minimum absolute atomic E-state index is 0.0608. The molecular formula is C56H60BN3OSi. The zero-order valence-electron chi connectivity index (χ0n) is 47.7. The Labute approximate surface area is 385 Å². The van der Waals surface area contributed by atoms with Crippen LogP contribution in [0.15, 0.2) is 144 Å². The van der Waals surface area contributed by atoms with Gasteiger partial charge in [-0.15, -0.1) is 0 Å². The van der Waals surface area contributed by atoms with Gasteiger partial charge in [0, 0.05) is 56.5 Å². The number of benzene rings is 6. The maximum Gasteiger partial charge on any atom is 0.297 e. The Hall–Kier alpha value is -5.72. The largest absolute Gasteiger partial charge is 0.472 e. The molecule has 0 saturated carbocycles. The standard InChI is InChI=1S/C56H60BN3OSi/c1-37-34-47-50-48(35-37)60(42-24-22-38(23-25-42)54(2,3)4)51-49-52(56(7,8)33-32-55(49,5)6)61-53(51)57(50)45-31-28-43(58(39-18-14-12-15-19-39)40-20-16-13-17-21-40)36-46(45)59(47)41-26-29-44(30-27-41)62(9,10)11/h12-31,34-36H,32-33H2,1-11H3/i12D,13D,14D,15D,16D,17D,18D,19D,20D,21D. The van der Waals surface area contributed by atoms with E-state index in [1.807, 2.05) is 12.1 Å². The highest BCUT2D eigenvalue weighted by Crippen LogP contribution is 2.55. The lowest BCUT2D eigenvalue weighted by molar-refractivity contribution is 0.282. The summed E-state index contributed by atoms with van der Waals surface area (Å²) in [5.74, 6) is 0.960. The first-order chi connectivity index (χ1) is 33.6. The van der Waals surface area contributed by atoms with Crippen molar-refractivity contribution in [1.82, 2.24) is 0 Å². The van der Waals surface area contributed by atoms with E-state index < -0.39 is 75.2 Å². The lowest BCUT2D eigenvalue weighted by Gasteiger charge is -2.44. The fourth-order valence-corrected chi connectivity index (χ4v) is 11.1. The Bertz CT molecular complexity index is 3300. The van der Waals surface area contributed by atoms with Gasteiger partial charge in [-0.1, -0.05) is 140 Å². The van der Waals surface area contributed by atoms with Crippen LogP contribution >= 0.6 is 0 Å². The van der Waals surface area contributed by atoms with Crippen LogP contribution in [0.4, 0.5) is 51.2 Å².